The molecule has 9 rings (SSSR count). The Morgan fingerprint density at radius 1 is 0.496 bits per heavy atom. The zero-order valence-electron chi connectivity index (χ0n) is 84.3. The monoisotopic (exact) mass is 1970 g/mol. The van der Waals surface area contributed by atoms with E-state index in [1.54, 1.807) is 37.9 Å². The third-order valence-electron chi connectivity index (χ3n) is 15.5. The molecule has 0 bridgehead atoms. The van der Waals surface area contributed by atoms with Crippen LogP contribution in [0.25, 0.3) is 21.6 Å². The standard InChI is InChI=1S/C9H20N.2C8H15N2.C8H18N.5C6H11N2.C4H11O4P.4C2H3N2.C2H7N.C2H6O4S.C2H4O2.CH4O3S.CH4.BF3.FH.NO3/c1-3-4-7-10(2)8-5-6-9-10;2*1-3-4-5-10-7-6-9(2)8-10;1-3-6-9(2)7-4-5-8-9;5*1-3-8-5-4-7(2)6-8;1-3-7-9(5,6)8-4-2;4*1-4-2-3;1-2-3;1-2-6-7(3,4)5;1-2(3)4;1-5(2,3)4;;2-1(3)4;;2-1(3)4/h3-9H2,1-2H3;2*6-8H,3-5H2,1-2H3;3-8H2,1-2H3;5*4-6H,3H2,1-2H3;3-4H2,1-2H3,(H,5,6);4*1H3;2-3H2,1H3;2H2,1H3,(H,3,4,5);1H3,(H,3,4);1H3,(H,2,3,4);1H4;;1H;/q9*+1;;4*-1;;;;;;;;-1/p-1. The number of quaternary nitrogens is 3. The van der Waals surface area contributed by atoms with Crippen molar-refractivity contribution < 1.29 is 128 Å². The zero-order valence-corrected chi connectivity index (χ0v) is 86.8. The van der Waals surface area contributed by atoms with Gasteiger partial charge in [0.05, 0.1) is 190 Å². The number of halogens is 4. The number of imidazole rings is 7. The summed E-state index contributed by atoms with van der Waals surface area (Å²) in [6.45, 7) is 44.9. The normalized spacial score (nSPS) is 11.0. The molecule has 774 valence electrons. The predicted molar refractivity (Wildman–Crippen MR) is 514 cm³/mol. The highest BCUT2D eigenvalue weighted by atomic mass is 32.3. The Kier molecular flexibility index (Phi) is 119. The molecule has 7 aromatic heterocycles. The van der Waals surface area contributed by atoms with Crippen molar-refractivity contribution in [2.45, 2.75) is 221 Å². The smallest absolute Gasteiger partial charge is 0.762 e. The zero-order chi connectivity index (χ0) is 104. The minimum atomic E-state index is -4.17. The van der Waals surface area contributed by atoms with Crippen LogP contribution in [0.15, 0.2) is 151 Å². The molecule has 42 nitrogen and oxygen atoms in total. The molecule has 0 unspecified atom stereocenters. The minimum absolute atomic E-state index is 0. The maximum absolute atomic E-state index is 10.5. The number of phosphoric acid groups is 1. The second kappa shape index (κ2) is 104. The molecule has 7 aromatic rings. The van der Waals surface area contributed by atoms with E-state index in [4.69, 9.17) is 69.3 Å². The number of aliphatic carboxylic acids is 1. The van der Waals surface area contributed by atoms with E-state index in [0.29, 0.717) is 6.26 Å². The van der Waals surface area contributed by atoms with Crippen LogP contribution in [-0.2, 0) is 138 Å². The first-order valence-corrected chi connectivity index (χ1v) is 47.5. The second-order valence-corrected chi connectivity index (χ2v) is 31.8. The van der Waals surface area contributed by atoms with Gasteiger partial charge in [0, 0.05) is 38.9 Å². The lowest BCUT2D eigenvalue weighted by molar-refractivity contribution is -0.897. The summed E-state index contributed by atoms with van der Waals surface area (Å²) in [5.41, 5.74) is 3.49. The Labute approximate surface area is 794 Å². The lowest BCUT2D eigenvalue weighted by Gasteiger charge is -2.28. The average molecular weight is 1970 g/mol. The van der Waals surface area contributed by atoms with Crippen LogP contribution in [0.3, 0.4) is 0 Å². The number of rotatable bonds is 22. The fourth-order valence-corrected chi connectivity index (χ4v) is 10.7. The molecular weight excluding hydrogens is 1800 g/mol. The van der Waals surface area contributed by atoms with Crippen molar-refractivity contribution in [3.8, 4) is 0 Å². The number of likely N-dealkylation sites (tertiary alicyclic amines) is 2. The maximum Gasteiger partial charge on any atom is 0.762 e. The van der Waals surface area contributed by atoms with E-state index in [2.05, 4.69) is 257 Å². The summed E-state index contributed by atoms with van der Waals surface area (Å²) >= 11 is 0. The molecule has 50 heteroatoms. The van der Waals surface area contributed by atoms with E-state index < -0.39 is 46.9 Å². The van der Waals surface area contributed by atoms with Gasteiger partial charge in [0.25, 0.3) is 5.97 Å². The van der Waals surface area contributed by atoms with Crippen LogP contribution >= 0.6 is 7.82 Å². The molecule has 133 heavy (non-hydrogen) atoms. The van der Waals surface area contributed by atoms with E-state index in [1.165, 1.54) is 154 Å². The Balaban J connectivity index is -0.000000105. The lowest BCUT2D eigenvalue weighted by atomic mass is 10.3. The Morgan fingerprint density at radius 3 is 0.789 bits per heavy atom. The fourth-order valence-electron chi connectivity index (χ4n) is 9.63. The van der Waals surface area contributed by atoms with Crippen LogP contribution in [-0.4, -0.2) is 234 Å². The van der Waals surface area contributed by atoms with Gasteiger partial charge < -0.3 is 90.9 Å². The second-order valence-electron chi connectivity index (χ2n) is 27.9. The van der Waals surface area contributed by atoms with Crippen LogP contribution in [0.1, 0.15) is 175 Å². The summed E-state index contributed by atoms with van der Waals surface area (Å²) in [5.74, 6) is -0.833. The van der Waals surface area contributed by atoms with Crippen molar-refractivity contribution in [1.82, 2.24) is 32.0 Å². The molecule has 0 radical (unpaired) electrons. The van der Waals surface area contributed by atoms with E-state index in [9.17, 15) is 25.9 Å². The molecule has 9 heterocycles. The molecule has 2 saturated heterocycles. The number of carboxylic acid groups (broad SMARTS) is 1. The summed E-state index contributed by atoms with van der Waals surface area (Å²) in [6.07, 6.45) is 58.9. The average Bonchev–Trinajstić information content (AvgIpc) is 1.76. The third kappa shape index (κ3) is 135. The number of aryl methyl sites for hydroxylation is 14. The summed E-state index contributed by atoms with van der Waals surface area (Å²) in [7, 11) is 9.31. The van der Waals surface area contributed by atoms with Gasteiger partial charge in [0.2, 0.25) is 44.3 Å². The van der Waals surface area contributed by atoms with Gasteiger partial charge >= 0.3 is 25.8 Å². The van der Waals surface area contributed by atoms with Crippen molar-refractivity contribution in [2.24, 2.45) is 69.3 Å². The first kappa shape index (κ1) is 152. The molecule has 2 aliphatic rings. The number of carboxylic acids is 1. The van der Waals surface area contributed by atoms with Crippen LogP contribution < -0.4 is 42.4 Å². The quantitative estimate of drug-likeness (QED) is 0.00627. The maximum atomic E-state index is 10.5. The van der Waals surface area contributed by atoms with Gasteiger partial charge in [-0.1, -0.05) is 82.6 Å². The number of hydrogen-bond acceptors (Lipinski definition) is 17. The van der Waals surface area contributed by atoms with Gasteiger partial charge in [-0.2, -0.15) is 32.5 Å². The van der Waals surface area contributed by atoms with Crippen LogP contribution in [0.5, 0.6) is 0 Å². The third-order valence-corrected chi connectivity index (χ3v) is 17.2. The summed E-state index contributed by atoms with van der Waals surface area (Å²) in [4.78, 5) is 38.0. The Hall–Kier alpha value is -9.79. The van der Waals surface area contributed by atoms with Gasteiger partial charge in [-0.25, -0.2) is 81.1 Å². The van der Waals surface area contributed by atoms with Crippen LogP contribution in [0.4, 0.5) is 12.9 Å². The molecule has 0 amide bonds. The SMILES string of the molecule is C.CC(=O)O.CCCC[N+]1(C)CCCC1.CCCCn1cc[n+](C)c1.CCCCn1cc[n+](C)c1.CCC[N+]1(C)CCCC1.CCOP(=O)(O)OCC.CCOS(=O)(=O)O.CC[NH3+].CCn1cc[n+](C)c1.CCn1cc[n+](C)c1.CCn1cc[n+](C)c1.CCn1cc[n+](C)c1.CCn1cc[n+](C)c1.CN=C=[N-].CN=C=[N-].CN=C=[N-].CN=C=[N-].CS(=O)(=O)[O-].FB(F)F.O=[N+]([O-])[O-].[F-]. The molecule has 6 N–H and O–H groups in total. The molecule has 0 aliphatic carbocycles. The fraction of sp³-hybridized carbons (Fsp3) is 0.687. The van der Waals surface area contributed by atoms with Crippen molar-refractivity contribution in [2.75, 3.05) is 114 Å². The van der Waals surface area contributed by atoms with Gasteiger partial charge in [-0.3, -0.25) is 31.3 Å². The van der Waals surface area contributed by atoms with Gasteiger partial charge in [0.1, 0.15) is 86.8 Å². The van der Waals surface area contributed by atoms with Crippen molar-refractivity contribution in [3.05, 3.63) is 168 Å². The highest BCUT2D eigenvalue weighted by molar-refractivity contribution is 7.84. The van der Waals surface area contributed by atoms with E-state index in [-0.39, 0.29) is 32.0 Å². The topological polar surface area (TPSA) is 508 Å². The highest BCUT2D eigenvalue weighted by Crippen LogP contribution is 2.42. The molecule has 0 atom stereocenters. The van der Waals surface area contributed by atoms with Gasteiger partial charge in [-0.15, -0.1) is 0 Å². The number of phosphoric ester groups is 1. The van der Waals surface area contributed by atoms with Gasteiger partial charge in [0.15, 0.2) is 0 Å². The number of nitrogens with zero attached hydrogens (tertiary/aromatic N) is 25. The molecule has 2 fully saturated rings. The minimum Gasteiger partial charge on any atom is -1.00 e. The van der Waals surface area contributed by atoms with Gasteiger partial charge in [-0.05, 0) is 88.0 Å². The van der Waals surface area contributed by atoms with Crippen LogP contribution in [0, 0.1) is 15.3 Å². The van der Waals surface area contributed by atoms with Crippen molar-refractivity contribution in [3.63, 3.8) is 0 Å². The molecule has 0 spiro atoms. The summed E-state index contributed by atoms with van der Waals surface area (Å²) < 4.78 is 138. The molecule has 0 aromatic carbocycles. The molecular formula is C83H171BF4N26O16PS2+3. The number of aromatic nitrogens is 14. The number of aliphatic imine (C=N–C) groups is 4. The number of hydrogen-bond donors (Lipinski definition) is 4. The number of carbonyl (C=O) groups is 1. The lowest BCUT2D eigenvalue weighted by Crippen LogP contribution is -3.00. The van der Waals surface area contributed by atoms with Crippen molar-refractivity contribution >= 4 is 65.9 Å². The van der Waals surface area contributed by atoms with E-state index in [1.807, 2.05) is 110 Å². The summed E-state index contributed by atoms with van der Waals surface area (Å²) in [6, 6.07) is 6.22. The Morgan fingerprint density at radius 2 is 0.677 bits per heavy atom. The van der Waals surface area contributed by atoms with Crippen molar-refractivity contribution in [1.29, 1.82) is 0 Å². The number of unbranched alkanes of at least 4 members (excludes halogenated alkanes) is 3. The predicted octanol–water partition coefficient (Wildman–Crippen LogP) is 6.76. The van der Waals surface area contributed by atoms with Crippen LogP contribution in [0.2, 0.25) is 0 Å². The largest absolute Gasteiger partial charge is 1.00 e. The highest BCUT2D eigenvalue weighted by Gasteiger charge is 2.26. The first-order chi connectivity index (χ1) is 61.3. The van der Waals surface area contributed by atoms with E-state index in [0.717, 1.165) is 59.3 Å². The molecule has 0 saturated carbocycles. The summed E-state index contributed by atoms with van der Waals surface area (Å²) in [5, 5.41) is 52.0. The van der Waals surface area contributed by atoms with E-state index >= 15 is 0 Å². The first-order valence-electron chi connectivity index (χ1n) is 42.8. The molecule has 2 aliphatic heterocycles. The Bertz CT molecular complexity index is 3850.